The van der Waals surface area contributed by atoms with Crippen molar-refractivity contribution in [1.29, 1.82) is 0 Å². The maximum absolute atomic E-state index is 13.8. The van der Waals surface area contributed by atoms with Gasteiger partial charge in [-0.05, 0) is 6.07 Å². The molecule has 1 amide bonds. The van der Waals surface area contributed by atoms with Gasteiger partial charge in [0.2, 0.25) is 0 Å². The number of hydrogen-bond acceptors (Lipinski definition) is 3. The molecule has 1 atom stereocenters. The molecule has 1 unspecified atom stereocenters. The molecule has 1 aliphatic heterocycles. The molecule has 20 heavy (non-hydrogen) atoms. The maximum Gasteiger partial charge on any atom is 0.407 e. The number of halogens is 3. The molecular formula is C12H12F3N3O2. The van der Waals surface area contributed by atoms with Gasteiger partial charge in [-0.1, -0.05) is 18.2 Å². The summed E-state index contributed by atoms with van der Waals surface area (Å²) in [6.07, 6.45) is -4.51. The summed E-state index contributed by atoms with van der Waals surface area (Å²) in [5, 5.41) is 8.96. The quantitative estimate of drug-likeness (QED) is 0.867. The maximum atomic E-state index is 13.8. The minimum absolute atomic E-state index is 0.276. The molecule has 108 valence electrons. The molecule has 1 aromatic rings. The van der Waals surface area contributed by atoms with Gasteiger partial charge >= 0.3 is 6.09 Å². The SMILES string of the molecule is NC1=NC(c2ccccc2F)(C(F)F)CN(C(=O)O)C1. The van der Waals surface area contributed by atoms with Gasteiger partial charge < -0.3 is 10.8 Å². The van der Waals surface area contributed by atoms with Gasteiger partial charge in [0.05, 0.1) is 13.1 Å². The van der Waals surface area contributed by atoms with Crippen LogP contribution >= 0.6 is 0 Å². The molecular weight excluding hydrogens is 275 g/mol. The first-order chi connectivity index (χ1) is 9.36. The van der Waals surface area contributed by atoms with Gasteiger partial charge in [-0.3, -0.25) is 9.89 Å². The third kappa shape index (κ3) is 2.28. The molecule has 1 aromatic carbocycles. The molecule has 0 spiro atoms. The van der Waals surface area contributed by atoms with E-state index in [0.29, 0.717) is 4.90 Å². The Labute approximate surface area is 112 Å². The zero-order valence-electron chi connectivity index (χ0n) is 10.3. The van der Waals surface area contributed by atoms with E-state index < -0.39 is 30.4 Å². The Morgan fingerprint density at radius 1 is 1.45 bits per heavy atom. The highest BCUT2D eigenvalue weighted by molar-refractivity contribution is 5.87. The molecule has 3 N–H and O–H groups in total. The number of alkyl halides is 2. The molecule has 0 fully saturated rings. The van der Waals surface area contributed by atoms with Crippen molar-refractivity contribution in [3.8, 4) is 0 Å². The van der Waals surface area contributed by atoms with E-state index in [2.05, 4.69) is 4.99 Å². The Morgan fingerprint density at radius 3 is 2.65 bits per heavy atom. The van der Waals surface area contributed by atoms with Crippen LogP contribution in [0.2, 0.25) is 0 Å². The Bertz CT molecular complexity index is 565. The van der Waals surface area contributed by atoms with Crippen LogP contribution in [0.4, 0.5) is 18.0 Å². The second-order valence-corrected chi connectivity index (χ2v) is 4.45. The van der Waals surface area contributed by atoms with Crippen molar-refractivity contribution in [3.05, 3.63) is 35.6 Å². The van der Waals surface area contributed by atoms with Crippen LogP contribution < -0.4 is 5.73 Å². The van der Waals surface area contributed by atoms with Crippen molar-refractivity contribution in [2.75, 3.05) is 13.1 Å². The molecule has 0 saturated carbocycles. The Morgan fingerprint density at radius 2 is 2.10 bits per heavy atom. The van der Waals surface area contributed by atoms with Crippen LogP contribution in [0.25, 0.3) is 0 Å². The van der Waals surface area contributed by atoms with Crippen LogP contribution in [-0.2, 0) is 5.54 Å². The molecule has 0 aliphatic carbocycles. The first-order valence-electron chi connectivity index (χ1n) is 5.72. The van der Waals surface area contributed by atoms with E-state index in [-0.39, 0.29) is 17.9 Å². The fourth-order valence-electron chi connectivity index (χ4n) is 2.20. The van der Waals surface area contributed by atoms with Gasteiger partial charge in [0.25, 0.3) is 6.43 Å². The topological polar surface area (TPSA) is 78.9 Å². The van der Waals surface area contributed by atoms with E-state index in [0.717, 1.165) is 12.1 Å². The van der Waals surface area contributed by atoms with Gasteiger partial charge in [0.15, 0.2) is 5.54 Å². The second-order valence-electron chi connectivity index (χ2n) is 4.45. The van der Waals surface area contributed by atoms with E-state index in [9.17, 15) is 18.0 Å². The van der Waals surface area contributed by atoms with Gasteiger partial charge in [0, 0.05) is 5.56 Å². The smallest absolute Gasteiger partial charge is 0.407 e. The van der Waals surface area contributed by atoms with Crippen LogP contribution in [0.3, 0.4) is 0 Å². The number of hydrogen-bond donors (Lipinski definition) is 2. The van der Waals surface area contributed by atoms with Crippen molar-refractivity contribution < 1.29 is 23.1 Å². The average molecular weight is 287 g/mol. The summed E-state index contributed by atoms with van der Waals surface area (Å²) in [6, 6.07) is 4.91. The first-order valence-corrected chi connectivity index (χ1v) is 5.72. The van der Waals surface area contributed by atoms with Gasteiger partial charge in [-0.25, -0.2) is 18.0 Å². The van der Waals surface area contributed by atoms with E-state index in [1.165, 1.54) is 12.1 Å². The van der Waals surface area contributed by atoms with Gasteiger partial charge in [-0.2, -0.15) is 0 Å². The fraction of sp³-hybridized carbons (Fsp3) is 0.333. The number of carbonyl (C=O) groups is 1. The predicted molar refractivity (Wildman–Crippen MR) is 65.3 cm³/mol. The van der Waals surface area contributed by atoms with Crippen molar-refractivity contribution in [2.45, 2.75) is 12.0 Å². The predicted octanol–water partition coefficient (Wildman–Crippen LogP) is 1.64. The van der Waals surface area contributed by atoms with Crippen molar-refractivity contribution in [1.82, 2.24) is 4.90 Å². The highest BCUT2D eigenvalue weighted by Gasteiger charge is 2.48. The molecule has 0 aromatic heterocycles. The highest BCUT2D eigenvalue weighted by Crippen LogP contribution is 2.37. The van der Waals surface area contributed by atoms with Crippen molar-refractivity contribution >= 4 is 11.9 Å². The van der Waals surface area contributed by atoms with Gasteiger partial charge in [-0.15, -0.1) is 0 Å². The lowest BCUT2D eigenvalue weighted by atomic mass is 9.88. The van der Waals surface area contributed by atoms with Crippen molar-refractivity contribution in [2.24, 2.45) is 10.7 Å². The summed E-state index contributed by atoms with van der Waals surface area (Å²) in [4.78, 5) is 15.4. The normalized spacial score (nSPS) is 22.8. The Kier molecular flexibility index (Phi) is 3.56. The lowest BCUT2D eigenvalue weighted by Crippen LogP contribution is -2.54. The fourth-order valence-corrected chi connectivity index (χ4v) is 2.20. The number of rotatable bonds is 2. The number of aliphatic imine (C=N–C) groups is 1. The largest absolute Gasteiger partial charge is 0.465 e. The highest BCUT2D eigenvalue weighted by atomic mass is 19.3. The molecule has 1 heterocycles. The lowest BCUT2D eigenvalue weighted by molar-refractivity contribution is 0.0255. The van der Waals surface area contributed by atoms with Crippen molar-refractivity contribution in [3.63, 3.8) is 0 Å². The molecule has 5 nitrogen and oxygen atoms in total. The lowest BCUT2D eigenvalue weighted by Gasteiger charge is -2.38. The molecule has 0 radical (unpaired) electrons. The zero-order valence-corrected chi connectivity index (χ0v) is 10.3. The molecule has 2 rings (SSSR count). The minimum Gasteiger partial charge on any atom is -0.465 e. The van der Waals surface area contributed by atoms with Crippen LogP contribution in [0.15, 0.2) is 29.3 Å². The van der Waals surface area contributed by atoms with Crippen LogP contribution in [0, 0.1) is 5.82 Å². The Hall–Kier alpha value is -2.25. The van der Waals surface area contributed by atoms with E-state index in [1.807, 2.05) is 0 Å². The summed E-state index contributed by atoms with van der Waals surface area (Å²) in [7, 11) is 0. The first kappa shape index (κ1) is 14.2. The summed E-state index contributed by atoms with van der Waals surface area (Å²) in [5.74, 6) is -1.15. The number of amides is 1. The standard InChI is InChI=1S/C12H12F3N3O2/c13-8-4-2-1-3-7(8)12(10(14)15)6-18(11(19)20)5-9(16)17-12/h1-4,10H,5-6H2,(H2,16,17)(H,19,20). The summed E-state index contributed by atoms with van der Waals surface area (Å²) < 4.78 is 40.8. The van der Waals surface area contributed by atoms with Crippen LogP contribution in [-0.4, -0.2) is 41.5 Å². The van der Waals surface area contributed by atoms with Crippen LogP contribution in [0.5, 0.6) is 0 Å². The molecule has 1 aliphatic rings. The number of amidine groups is 1. The number of benzene rings is 1. The number of nitrogens with two attached hydrogens (primary N) is 1. The zero-order chi connectivity index (χ0) is 14.9. The third-order valence-electron chi connectivity index (χ3n) is 3.10. The van der Waals surface area contributed by atoms with E-state index >= 15 is 0 Å². The monoisotopic (exact) mass is 287 g/mol. The van der Waals surface area contributed by atoms with E-state index in [4.69, 9.17) is 10.8 Å². The minimum atomic E-state index is -3.10. The number of carboxylic acid groups (broad SMARTS) is 1. The average Bonchev–Trinajstić information content (AvgIpc) is 2.38. The third-order valence-corrected chi connectivity index (χ3v) is 3.10. The summed E-state index contributed by atoms with van der Waals surface area (Å²) in [5.41, 5.74) is 2.77. The molecule has 8 heteroatoms. The van der Waals surface area contributed by atoms with E-state index in [1.54, 1.807) is 0 Å². The van der Waals surface area contributed by atoms with Crippen LogP contribution in [0.1, 0.15) is 5.56 Å². The summed E-state index contributed by atoms with van der Waals surface area (Å²) >= 11 is 0. The second kappa shape index (κ2) is 5.03. The Balaban J connectivity index is 2.58. The molecule has 0 saturated heterocycles. The summed E-state index contributed by atoms with van der Waals surface area (Å²) in [6.45, 7) is -0.931. The number of nitrogens with zero attached hydrogens (tertiary/aromatic N) is 2. The molecule has 0 bridgehead atoms. The van der Waals surface area contributed by atoms with Gasteiger partial charge in [0.1, 0.15) is 11.7 Å².